The van der Waals surface area contributed by atoms with E-state index in [-0.39, 0.29) is 0 Å². The summed E-state index contributed by atoms with van der Waals surface area (Å²) in [6.07, 6.45) is 2.59. The number of nitriles is 1. The Bertz CT molecular complexity index is 573. The molecule has 0 amide bonds. The van der Waals surface area contributed by atoms with Crippen LogP contribution < -0.4 is 4.74 Å². The molecule has 0 unspecified atom stereocenters. The third-order valence-corrected chi connectivity index (χ3v) is 2.70. The van der Waals surface area contributed by atoms with Crippen LogP contribution in [-0.2, 0) is 13.0 Å². The normalized spacial score (nSPS) is 9.78. The Morgan fingerprint density at radius 1 is 1.28 bits per heavy atom. The molecule has 1 aromatic carbocycles. The number of nitrogens with zero attached hydrogens (tertiary/aromatic N) is 2. The summed E-state index contributed by atoms with van der Waals surface area (Å²) in [5.41, 5.74) is 2.46. The minimum Gasteiger partial charge on any atom is -0.489 e. The second-order valence-corrected chi connectivity index (χ2v) is 3.91. The van der Waals surface area contributed by atoms with Crippen molar-refractivity contribution in [3.63, 3.8) is 0 Å². The van der Waals surface area contributed by atoms with Gasteiger partial charge < -0.3 is 4.74 Å². The number of pyridine rings is 1. The molecule has 1 heterocycles. The number of ether oxygens (including phenoxy) is 1. The van der Waals surface area contributed by atoms with Gasteiger partial charge in [0.15, 0.2) is 0 Å². The van der Waals surface area contributed by atoms with Gasteiger partial charge in [-0.05, 0) is 30.2 Å². The summed E-state index contributed by atoms with van der Waals surface area (Å²) in [5, 5.41) is 8.93. The molecule has 0 atom stereocenters. The predicted molar refractivity (Wildman–Crippen MR) is 69.1 cm³/mol. The second-order valence-electron chi connectivity index (χ2n) is 3.91. The van der Waals surface area contributed by atoms with Gasteiger partial charge in [-0.3, -0.25) is 0 Å². The van der Waals surface area contributed by atoms with Gasteiger partial charge in [0.25, 0.3) is 0 Å². The maximum Gasteiger partial charge on any atom is 0.147 e. The Balaban J connectivity index is 2.09. The van der Waals surface area contributed by atoms with Crippen LogP contribution >= 0.6 is 0 Å². The van der Waals surface area contributed by atoms with Crippen LogP contribution in [0.5, 0.6) is 5.75 Å². The highest BCUT2D eigenvalue weighted by Crippen LogP contribution is 2.16. The van der Waals surface area contributed by atoms with E-state index in [1.165, 1.54) is 5.56 Å². The molecule has 0 bridgehead atoms. The van der Waals surface area contributed by atoms with Crippen LogP contribution in [0.25, 0.3) is 0 Å². The maximum absolute atomic E-state index is 8.93. The lowest BCUT2D eigenvalue weighted by Gasteiger charge is -2.08. The lowest BCUT2D eigenvalue weighted by molar-refractivity contribution is 0.305. The molecular formula is C15H14N2O. The summed E-state index contributed by atoms with van der Waals surface area (Å²) >= 11 is 0. The SMILES string of the molecule is CCc1cccc(OCc2cccnc2C#N)c1. The highest BCUT2D eigenvalue weighted by Gasteiger charge is 2.03. The molecule has 0 radical (unpaired) electrons. The molecule has 1 aromatic heterocycles. The van der Waals surface area contributed by atoms with Gasteiger partial charge in [0.2, 0.25) is 0 Å². The number of hydrogen-bond donors (Lipinski definition) is 0. The van der Waals surface area contributed by atoms with E-state index in [0.29, 0.717) is 12.3 Å². The van der Waals surface area contributed by atoms with E-state index in [1.807, 2.05) is 30.3 Å². The summed E-state index contributed by atoms with van der Waals surface area (Å²) in [4.78, 5) is 4.00. The molecule has 0 fully saturated rings. The fourth-order valence-electron chi connectivity index (χ4n) is 1.67. The largest absolute Gasteiger partial charge is 0.489 e. The van der Waals surface area contributed by atoms with Crippen molar-refractivity contribution in [3.8, 4) is 11.8 Å². The monoisotopic (exact) mass is 238 g/mol. The Labute approximate surface area is 107 Å². The average Bonchev–Trinajstić information content (AvgIpc) is 2.45. The van der Waals surface area contributed by atoms with Crippen LogP contribution in [-0.4, -0.2) is 4.98 Å². The third kappa shape index (κ3) is 2.86. The van der Waals surface area contributed by atoms with Crippen molar-refractivity contribution in [2.24, 2.45) is 0 Å². The van der Waals surface area contributed by atoms with Crippen molar-refractivity contribution >= 4 is 0 Å². The number of benzene rings is 1. The number of aromatic nitrogens is 1. The van der Waals surface area contributed by atoms with Gasteiger partial charge in [-0.1, -0.05) is 25.1 Å². The Kier molecular flexibility index (Phi) is 3.93. The van der Waals surface area contributed by atoms with Gasteiger partial charge in [0, 0.05) is 11.8 Å². The zero-order chi connectivity index (χ0) is 12.8. The van der Waals surface area contributed by atoms with Crippen LogP contribution in [0.4, 0.5) is 0 Å². The van der Waals surface area contributed by atoms with E-state index >= 15 is 0 Å². The molecule has 0 saturated carbocycles. The first kappa shape index (κ1) is 12.1. The number of hydrogen-bond acceptors (Lipinski definition) is 3. The fraction of sp³-hybridized carbons (Fsp3) is 0.200. The molecule has 90 valence electrons. The zero-order valence-corrected chi connectivity index (χ0v) is 10.3. The van der Waals surface area contributed by atoms with E-state index in [4.69, 9.17) is 10.00 Å². The van der Waals surface area contributed by atoms with Crippen LogP contribution in [0.3, 0.4) is 0 Å². The van der Waals surface area contributed by atoms with Crippen molar-refractivity contribution in [3.05, 3.63) is 59.4 Å². The molecule has 0 saturated heterocycles. The standard InChI is InChI=1S/C15H14N2O/c1-2-12-5-3-7-14(9-12)18-11-13-6-4-8-17-15(13)10-16/h3-9H,2,11H2,1H3. The Morgan fingerprint density at radius 2 is 2.17 bits per heavy atom. The molecule has 0 aliphatic rings. The minimum absolute atomic E-state index is 0.365. The first-order chi connectivity index (χ1) is 8.83. The van der Waals surface area contributed by atoms with E-state index in [0.717, 1.165) is 17.7 Å². The van der Waals surface area contributed by atoms with E-state index in [9.17, 15) is 0 Å². The van der Waals surface area contributed by atoms with Gasteiger partial charge in [-0.15, -0.1) is 0 Å². The van der Waals surface area contributed by atoms with Crippen molar-refractivity contribution in [1.29, 1.82) is 5.26 Å². The van der Waals surface area contributed by atoms with Crippen molar-refractivity contribution < 1.29 is 4.74 Å². The number of rotatable bonds is 4. The topological polar surface area (TPSA) is 45.9 Å². The van der Waals surface area contributed by atoms with Crippen LogP contribution in [0, 0.1) is 11.3 Å². The van der Waals surface area contributed by atoms with Crippen LogP contribution in [0.15, 0.2) is 42.6 Å². The molecule has 0 aliphatic carbocycles. The summed E-state index contributed by atoms with van der Waals surface area (Å²) in [5.74, 6) is 0.821. The third-order valence-electron chi connectivity index (χ3n) is 2.70. The van der Waals surface area contributed by atoms with Crippen LogP contribution in [0.1, 0.15) is 23.7 Å². The number of aryl methyl sites for hydroxylation is 1. The van der Waals surface area contributed by atoms with Gasteiger partial charge in [0.1, 0.15) is 24.1 Å². The Morgan fingerprint density at radius 3 is 2.94 bits per heavy atom. The molecule has 2 rings (SSSR count). The second kappa shape index (κ2) is 5.83. The summed E-state index contributed by atoms with van der Waals surface area (Å²) in [7, 11) is 0. The molecule has 3 heteroatoms. The van der Waals surface area contributed by atoms with Gasteiger partial charge in [-0.2, -0.15) is 5.26 Å². The minimum atomic E-state index is 0.365. The van der Waals surface area contributed by atoms with Crippen molar-refractivity contribution in [2.45, 2.75) is 20.0 Å². The quantitative estimate of drug-likeness (QED) is 0.822. The lowest BCUT2D eigenvalue weighted by atomic mass is 10.1. The van der Waals surface area contributed by atoms with Crippen molar-refractivity contribution in [2.75, 3.05) is 0 Å². The molecule has 3 nitrogen and oxygen atoms in total. The summed E-state index contributed by atoms with van der Waals surface area (Å²) < 4.78 is 5.69. The van der Waals surface area contributed by atoms with E-state index < -0.39 is 0 Å². The summed E-state index contributed by atoms with van der Waals surface area (Å²) in [6.45, 7) is 2.47. The van der Waals surface area contributed by atoms with Gasteiger partial charge in [-0.25, -0.2) is 4.98 Å². The molecule has 18 heavy (non-hydrogen) atoms. The summed E-state index contributed by atoms with van der Waals surface area (Å²) in [6, 6.07) is 13.7. The highest BCUT2D eigenvalue weighted by molar-refractivity contribution is 5.32. The average molecular weight is 238 g/mol. The first-order valence-electron chi connectivity index (χ1n) is 5.89. The molecular weight excluding hydrogens is 224 g/mol. The predicted octanol–water partition coefficient (Wildman–Crippen LogP) is 3.09. The van der Waals surface area contributed by atoms with Gasteiger partial charge >= 0.3 is 0 Å². The van der Waals surface area contributed by atoms with E-state index in [1.54, 1.807) is 6.20 Å². The highest BCUT2D eigenvalue weighted by atomic mass is 16.5. The smallest absolute Gasteiger partial charge is 0.147 e. The molecule has 2 aromatic rings. The molecule has 0 aliphatic heterocycles. The zero-order valence-electron chi connectivity index (χ0n) is 10.3. The maximum atomic E-state index is 8.93. The van der Waals surface area contributed by atoms with Gasteiger partial charge in [0.05, 0.1) is 0 Å². The van der Waals surface area contributed by atoms with E-state index in [2.05, 4.69) is 24.0 Å². The van der Waals surface area contributed by atoms with Crippen LogP contribution in [0.2, 0.25) is 0 Å². The molecule has 0 spiro atoms. The fourth-order valence-corrected chi connectivity index (χ4v) is 1.67. The first-order valence-corrected chi connectivity index (χ1v) is 5.89. The molecule has 0 N–H and O–H groups in total. The Hall–Kier alpha value is -2.34. The van der Waals surface area contributed by atoms with Crippen molar-refractivity contribution in [1.82, 2.24) is 4.98 Å². The lowest BCUT2D eigenvalue weighted by Crippen LogP contribution is -2.00.